The van der Waals surface area contributed by atoms with E-state index in [2.05, 4.69) is 4.98 Å². The fraction of sp³-hybridized carbons (Fsp3) is 0.500. The lowest BCUT2D eigenvalue weighted by Gasteiger charge is -2.33. The van der Waals surface area contributed by atoms with Crippen molar-refractivity contribution in [2.45, 2.75) is 25.7 Å². The number of carbonyl (C=O) groups excluding carboxylic acids is 1. The van der Waals surface area contributed by atoms with E-state index in [1.165, 1.54) is 11.7 Å². The number of nitrogens with one attached hydrogen (secondary N) is 1. The monoisotopic (exact) mass is 271 g/mol. The minimum absolute atomic E-state index is 0.188. The average molecular weight is 271 g/mol. The Balaban J connectivity index is 2.16. The molecule has 1 aromatic heterocycles. The van der Waals surface area contributed by atoms with Gasteiger partial charge in [-0.3, -0.25) is 10.0 Å². The molecule has 0 spiro atoms. The van der Waals surface area contributed by atoms with E-state index in [4.69, 9.17) is 5.21 Å². The highest BCUT2D eigenvalue weighted by Gasteiger charge is 2.34. The highest BCUT2D eigenvalue weighted by molar-refractivity contribution is 5.93. The molecule has 1 aliphatic rings. The summed E-state index contributed by atoms with van der Waals surface area (Å²) in [5, 5.41) is 8.53. The first-order valence-corrected chi connectivity index (χ1v) is 5.97. The quantitative estimate of drug-likeness (QED) is 0.635. The maximum absolute atomic E-state index is 13.1. The van der Waals surface area contributed by atoms with Gasteiger partial charge >= 0.3 is 0 Å². The Morgan fingerprint density at radius 3 is 2.63 bits per heavy atom. The lowest BCUT2D eigenvalue weighted by Crippen LogP contribution is -2.40. The molecule has 1 amide bonds. The molecule has 1 aliphatic heterocycles. The fourth-order valence-corrected chi connectivity index (χ4v) is 2.13. The van der Waals surface area contributed by atoms with Crippen LogP contribution in [0, 0.1) is 6.92 Å². The second-order valence-corrected chi connectivity index (χ2v) is 4.65. The maximum atomic E-state index is 13.1. The van der Waals surface area contributed by atoms with E-state index in [0.717, 1.165) is 0 Å². The normalized spacial score (nSPS) is 18.2. The first kappa shape index (κ1) is 13.7. The Kier molecular flexibility index (Phi) is 3.66. The van der Waals surface area contributed by atoms with Gasteiger partial charge in [0.1, 0.15) is 5.82 Å². The van der Waals surface area contributed by atoms with Gasteiger partial charge in [-0.15, -0.1) is 0 Å². The average Bonchev–Trinajstić information content (AvgIpc) is 2.38. The molecule has 0 unspecified atom stereocenters. The van der Waals surface area contributed by atoms with Crippen molar-refractivity contribution in [1.29, 1.82) is 0 Å². The van der Waals surface area contributed by atoms with Crippen LogP contribution in [-0.2, 0) is 0 Å². The molecule has 2 rings (SSSR count). The van der Waals surface area contributed by atoms with Crippen molar-refractivity contribution in [1.82, 2.24) is 10.5 Å². The van der Waals surface area contributed by atoms with Gasteiger partial charge in [0.05, 0.1) is 5.56 Å². The molecule has 1 saturated heterocycles. The number of aryl methyl sites for hydroxylation is 1. The molecule has 0 radical (unpaired) electrons. The zero-order valence-electron chi connectivity index (χ0n) is 10.5. The number of aromatic nitrogens is 1. The topological polar surface area (TPSA) is 65.5 Å². The summed E-state index contributed by atoms with van der Waals surface area (Å²) in [6, 6.07) is 1.57. The molecule has 0 saturated carbocycles. The zero-order chi connectivity index (χ0) is 14.0. The second-order valence-electron chi connectivity index (χ2n) is 4.65. The van der Waals surface area contributed by atoms with E-state index in [9.17, 15) is 13.6 Å². The lowest BCUT2D eigenvalue weighted by atomic mass is 10.1. The third-order valence-electron chi connectivity index (χ3n) is 3.21. The van der Waals surface area contributed by atoms with Crippen LogP contribution in [0.25, 0.3) is 0 Å². The summed E-state index contributed by atoms with van der Waals surface area (Å²) >= 11 is 0. The summed E-state index contributed by atoms with van der Waals surface area (Å²) in [4.78, 5) is 17.1. The number of hydrogen-bond donors (Lipinski definition) is 2. The maximum Gasteiger partial charge on any atom is 0.276 e. The predicted molar refractivity (Wildman–Crippen MR) is 64.6 cm³/mol. The summed E-state index contributed by atoms with van der Waals surface area (Å²) in [5.41, 5.74) is 2.47. The smallest absolute Gasteiger partial charge is 0.276 e. The first-order valence-electron chi connectivity index (χ1n) is 5.97. The number of pyridine rings is 1. The molecule has 0 atom stereocenters. The van der Waals surface area contributed by atoms with E-state index >= 15 is 0 Å². The van der Waals surface area contributed by atoms with Crippen LogP contribution < -0.4 is 10.4 Å². The van der Waals surface area contributed by atoms with Crippen molar-refractivity contribution in [3.05, 3.63) is 23.4 Å². The van der Waals surface area contributed by atoms with Gasteiger partial charge in [-0.25, -0.2) is 19.2 Å². The minimum Gasteiger partial charge on any atom is -0.356 e. The van der Waals surface area contributed by atoms with Gasteiger partial charge in [0.25, 0.3) is 11.8 Å². The van der Waals surface area contributed by atoms with Crippen LogP contribution in [0.15, 0.2) is 12.3 Å². The summed E-state index contributed by atoms with van der Waals surface area (Å²) in [6.45, 7) is 2.24. The number of amides is 1. The molecular formula is C12H15F2N3O2. The van der Waals surface area contributed by atoms with Gasteiger partial charge in [0, 0.05) is 32.1 Å². The number of rotatable bonds is 2. The molecule has 0 aromatic carbocycles. The Bertz CT molecular complexity index is 484. The highest BCUT2D eigenvalue weighted by Crippen LogP contribution is 2.30. The van der Waals surface area contributed by atoms with Crippen molar-refractivity contribution < 1.29 is 18.8 Å². The molecule has 2 heterocycles. The van der Waals surface area contributed by atoms with Gasteiger partial charge in [-0.05, 0) is 18.6 Å². The number of hydrogen-bond acceptors (Lipinski definition) is 4. The summed E-state index contributed by atoms with van der Waals surface area (Å²) in [6.07, 6.45) is 0.945. The second kappa shape index (κ2) is 5.08. The third-order valence-corrected chi connectivity index (χ3v) is 3.21. The number of anilines is 1. The molecule has 1 fully saturated rings. The Hall–Kier alpha value is -1.76. The first-order chi connectivity index (χ1) is 8.93. The van der Waals surface area contributed by atoms with Crippen molar-refractivity contribution in [2.24, 2.45) is 0 Å². The molecule has 19 heavy (non-hydrogen) atoms. The number of hydroxylamine groups is 1. The summed E-state index contributed by atoms with van der Waals surface area (Å²) in [7, 11) is 0. The van der Waals surface area contributed by atoms with Crippen molar-refractivity contribution in [3.63, 3.8) is 0 Å². The minimum atomic E-state index is -2.60. The van der Waals surface area contributed by atoms with Crippen LogP contribution in [0.1, 0.15) is 28.8 Å². The number of halogens is 2. The van der Waals surface area contributed by atoms with E-state index in [-0.39, 0.29) is 31.5 Å². The van der Waals surface area contributed by atoms with Crippen LogP contribution in [0.3, 0.4) is 0 Å². The molecule has 2 N–H and O–H groups in total. The van der Waals surface area contributed by atoms with Crippen molar-refractivity contribution in [3.8, 4) is 0 Å². The van der Waals surface area contributed by atoms with Crippen LogP contribution in [0.5, 0.6) is 0 Å². The van der Waals surface area contributed by atoms with Crippen LogP contribution in [0.4, 0.5) is 14.6 Å². The zero-order valence-corrected chi connectivity index (χ0v) is 10.5. The van der Waals surface area contributed by atoms with E-state index in [0.29, 0.717) is 11.4 Å². The molecule has 0 aliphatic carbocycles. The van der Waals surface area contributed by atoms with Crippen molar-refractivity contribution in [2.75, 3.05) is 18.0 Å². The summed E-state index contributed by atoms with van der Waals surface area (Å²) < 4.78 is 26.2. The number of nitrogens with zero attached hydrogens (tertiary/aromatic N) is 2. The van der Waals surface area contributed by atoms with Gasteiger partial charge in [-0.1, -0.05) is 0 Å². The third kappa shape index (κ3) is 2.98. The molecule has 5 nitrogen and oxygen atoms in total. The molecule has 7 heteroatoms. The van der Waals surface area contributed by atoms with Gasteiger partial charge < -0.3 is 4.90 Å². The summed E-state index contributed by atoms with van der Waals surface area (Å²) in [5.74, 6) is -2.64. The van der Waals surface area contributed by atoms with E-state index in [1.54, 1.807) is 17.9 Å². The van der Waals surface area contributed by atoms with Crippen LogP contribution in [-0.4, -0.2) is 35.1 Å². The molecule has 1 aromatic rings. The number of piperidine rings is 1. The largest absolute Gasteiger partial charge is 0.356 e. The van der Waals surface area contributed by atoms with E-state index in [1.807, 2.05) is 0 Å². The number of alkyl halides is 2. The Morgan fingerprint density at radius 1 is 1.47 bits per heavy atom. The Labute approximate surface area is 109 Å². The Morgan fingerprint density at radius 2 is 2.11 bits per heavy atom. The fourth-order valence-electron chi connectivity index (χ4n) is 2.13. The highest BCUT2D eigenvalue weighted by atomic mass is 19.3. The SMILES string of the molecule is Cc1cc(C(=O)NO)cnc1N1CCC(F)(F)CC1. The van der Waals surface area contributed by atoms with Gasteiger partial charge in [-0.2, -0.15) is 0 Å². The van der Waals surface area contributed by atoms with E-state index < -0.39 is 11.8 Å². The van der Waals surface area contributed by atoms with Crippen molar-refractivity contribution >= 4 is 11.7 Å². The van der Waals surface area contributed by atoms with Gasteiger partial charge in [0.2, 0.25) is 0 Å². The lowest BCUT2D eigenvalue weighted by molar-refractivity contribution is -0.0221. The van der Waals surface area contributed by atoms with Crippen LogP contribution in [0.2, 0.25) is 0 Å². The molecular weight excluding hydrogens is 256 g/mol. The van der Waals surface area contributed by atoms with Gasteiger partial charge in [0.15, 0.2) is 0 Å². The molecule has 104 valence electrons. The predicted octanol–water partition coefficient (Wildman–Crippen LogP) is 1.74. The number of carbonyl (C=O) groups is 1. The molecule has 0 bridgehead atoms. The van der Waals surface area contributed by atoms with Crippen LogP contribution >= 0.6 is 0 Å². The standard InChI is InChI=1S/C12H15F2N3O2/c1-8-6-9(11(18)16-19)7-15-10(8)17-4-2-12(13,14)3-5-17/h6-7,19H,2-5H2,1H3,(H,16,18).